The van der Waals surface area contributed by atoms with Gasteiger partial charge in [-0.1, -0.05) is 45.9 Å². The van der Waals surface area contributed by atoms with Gasteiger partial charge in [-0.25, -0.2) is 9.97 Å². The summed E-state index contributed by atoms with van der Waals surface area (Å²) < 4.78 is 0. The smallest absolute Gasteiger partial charge is 0.251 e. The molecule has 3 aromatic rings. The number of rotatable bonds is 6. The largest absolute Gasteiger partial charge is 0.507 e. The first-order valence-electron chi connectivity index (χ1n) is 12.5. The molecule has 2 atom stereocenters. The predicted octanol–water partition coefficient (Wildman–Crippen LogP) is 4.39. The Bertz CT molecular complexity index is 1210. The quantitative estimate of drug-likeness (QED) is 0.548. The first-order chi connectivity index (χ1) is 16.7. The van der Waals surface area contributed by atoms with Crippen molar-refractivity contribution in [3.05, 3.63) is 48.0 Å². The van der Waals surface area contributed by atoms with Crippen molar-refractivity contribution in [1.82, 2.24) is 14.9 Å². The zero-order valence-corrected chi connectivity index (χ0v) is 21.3. The molecule has 1 aromatic heterocycles. The topological polar surface area (TPSA) is 89.8 Å². The number of aromatic nitrogens is 2. The van der Waals surface area contributed by atoms with Crippen molar-refractivity contribution in [2.45, 2.75) is 53.2 Å². The third kappa shape index (κ3) is 5.25. The second-order valence-corrected chi connectivity index (χ2v) is 10.3. The van der Waals surface area contributed by atoms with Crippen LogP contribution in [0.15, 0.2) is 42.5 Å². The maximum Gasteiger partial charge on any atom is 0.251 e. The molecule has 0 aliphatic carbocycles. The van der Waals surface area contributed by atoms with E-state index in [4.69, 9.17) is 9.97 Å². The number of piperazine rings is 1. The van der Waals surface area contributed by atoms with Crippen LogP contribution in [0.4, 0.5) is 5.82 Å². The average Bonchev–Trinajstić information content (AvgIpc) is 2.82. The van der Waals surface area contributed by atoms with Gasteiger partial charge in [0.05, 0.1) is 17.1 Å². The number of carbonyl (C=O) groups is 1. The van der Waals surface area contributed by atoms with E-state index in [9.17, 15) is 15.0 Å². The molecule has 0 radical (unpaired) electrons. The maximum atomic E-state index is 13.0. The molecule has 2 unspecified atom stereocenters. The van der Waals surface area contributed by atoms with Gasteiger partial charge >= 0.3 is 0 Å². The number of hydrogen-bond donors (Lipinski definition) is 2. The van der Waals surface area contributed by atoms with Crippen LogP contribution < -0.4 is 4.90 Å². The Hall–Kier alpha value is -3.19. The minimum Gasteiger partial charge on any atom is -0.507 e. The van der Waals surface area contributed by atoms with Gasteiger partial charge in [0.15, 0.2) is 5.82 Å². The van der Waals surface area contributed by atoms with E-state index in [0.29, 0.717) is 37.4 Å². The summed E-state index contributed by atoms with van der Waals surface area (Å²) in [7, 11) is 0. The van der Waals surface area contributed by atoms with Crippen molar-refractivity contribution in [2.75, 3.05) is 24.5 Å². The van der Waals surface area contributed by atoms with Gasteiger partial charge in [0.1, 0.15) is 17.7 Å². The number of para-hydroxylation sites is 1. The highest BCUT2D eigenvalue weighted by Crippen LogP contribution is 2.34. The van der Waals surface area contributed by atoms with Crippen molar-refractivity contribution < 1.29 is 15.0 Å². The number of carbonyl (C=O) groups excluding carboxylic acids is 1. The third-order valence-electron chi connectivity index (χ3n) is 6.73. The van der Waals surface area contributed by atoms with E-state index in [0.717, 1.165) is 22.3 Å². The Kier molecular flexibility index (Phi) is 7.26. The van der Waals surface area contributed by atoms with Gasteiger partial charge < -0.3 is 20.0 Å². The van der Waals surface area contributed by atoms with Gasteiger partial charge in [-0.15, -0.1) is 0 Å². The molecule has 1 saturated heterocycles. The van der Waals surface area contributed by atoms with E-state index in [1.165, 1.54) is 0 Å². The lowest BCUT2D eigenvalue weighted by molar-refractivity contribution is -0.142. The normalized spacial score (nSPS) is 17.4. The number of aryl methyl sites for hydroxylation is 1. The Labute approximate surface area is 207 Å². The van der Waals surface area contributed by atoms with Crippen molar-refractivity contribution in [3.63, 3.8) is 0 Å². The minimum atomic E-state index is -0.968. The molecule has 186 valence electrons. The van der Waals surface area contributed by atoms with Crippen LogP contribution in [0, 0.1) is 18.8 Å². The molecular weight excluding hydrogens is 440 g/mol. The average molecular weight is 477 g/mol. The zero-order chi connectivity index (χ0) is 25.3. The number of benzene rings is 2. The number of fused-ring (bicyclic) bond motifs is 1. The lowest BCUT2D eigenvalue weighted by atomic mass is 9.97. The summed E-state index contributed by atoms with van der Waals surface area (Å²) in [4.78, 5) is 26.8. The Balaban J connectivity index is 1.75. The second-order valence-electron chi connectivity index (χ2n) is 10.3. The molecule has 2 heterocycles. The molecule has 4 rings (SSSR count). The summed E-state index contributed by atoms with van der Waals surface area (Å²) in [5.74, 6) is 1.73. The van der Waals surface area contributed by atoms with Gasteiger partial charge in [0.25, 0.3) is 5.91 Å². The second kappa shape index (κ2) is 10.2. The summed E-state index contributed by atoms with van der Waals surface area (Å²) in [5, 5.41) is 21.9. The standard InChI is InChI=1S/C28H36N4O3/c1-17(2)14-25(34)28(35)31-12-13-32(23(16-31)18(3)4)27-20-11-10-19(5)15-22(20)29-26(30-27)21-8-6-7-9-24(21)33/h6-11,15,17-18,23,25,33-34H,12-14,16H2,1-5H3. The molecule has 0 spiro atoms. The number of phenols is 1. The molecule has 35 heavy (non-hydrogen) atoms. The van der Waals surface area contributed by atoms with Crippen LogP contribution in [-0.4, -0.2) is 62.8 Å². The number of hydrogen-bond acceptors (Lipinski definition) is 6. The van der Waals surface area contributed by atoms with Crippen molar-refractivity contribution in [3.8, 4) is 17.1 Å². The monoisotopic (exact) mass is 476 g/mol. The molecule has 1 aliphatic heterocycles. The van der Waals surface area contributed by atoms with E-state index in [-0.39, 0.29) is 29.5 Å². The van der Waals surface area contributed by atoms with E-state index in [1.54, 1.807) is 17.0 Å². The summed E-state index contributed by atoms with van der Waals surface area (Å²) in [6.07, 6.45) is -0.504. The minimum absolute atomic E-state index is 0.0237. The van der Waals surface area contributed by atoms with E-state index >= 15 is 0 Å². The van der Waals surface area contributed by atoms with Crippen LogP contribution in [0.5, 0.6) is 5.75 Å². The Morgan fingerprint density at radius 2 is 1.83 bits per heavy atom. The lowest BCUT2D eigenvalue weighted by Crippen LogP contribution is -2.58. The van der Waals surface area contributed by atoms with Crippen LogP contribution in [0.1, 0.15) is 39.7 Å². The van der Waals surface area contributed by atoms with Crippen LogP contribution in [0.2, 0.25) is 0 Å². The van der Waals surface area contributed by atoms with Gasteiger partial charge in [-0.2, -0.15) is 0 Å². The van der Waals surface area contributed by atoms with E-state index in [1.807, 2.05) is 39.0 Å². The number of aromatic hydroxyl groups is 1. The molecule has 1 amide bonds. The lowest BCUT2D eigenvalue weighted by Gasteiger charge is -2.45. The first-order valence-corrected chi connectivity index (χ1v) is 12.5. The molecule has 1 fully saturated rings. The van der Waals surface area contributed by atoms with Crippen LogP contribution in [0.3, 0.4) is 0 Å². The van der Waals surface area contributed by atoms with Crippen molar-refractivity contribution in [2.24, 2.45) is 11.8 Å². The van der Waals surface area contributed by atoms with E-state index < -0.39 is 6.10 Å². The highest BCUT2D eigenvalue weighted by Gasteiger charge is 2.35. The fourth-order valence-electron chi connectivity index (χ4n) is 4.83. The molecule has 2 aromatic carbocycles. The van der Waals surface area contributed by atoms with Gasteiger partial charge in [-0.05, 0) is 55.0 Å². The maximum absolute atomic E-state index is 13.0. The Morgan fingerprint density at radius 1 is 1.09 bits per heavy atom. The Morgan fingerprint density at radius 3 is 2.51 bits per heavy atom. The predicted molar refractivity (Wildman–Crippen MR) is 139 cm³/mol. The number of amides is 1. The summed E-state index contributed by atoms with van der Waals surface area (Å²) in [5.41, 5.74) is 2.51. The van der Waals surface area contributed by atoms with Crippen molar-refractivity contribution in [1.29, 1.82) is 0 Å². The third-order valence-corrected chi connectivity index (χ3v) is 6.73. The molecule has 0 bridgehead atoms. The highest BCUT2D eigenvalue weighted by molar-refractivity contribution is 5.92. The molecular formula is C28H36N4O3. The number of nitrogens with zero attached hydrogens (tertiary/aromatic N) is 4. The number of aliphatic hydroxyl groups is 1. The van der Waals surface area contributed by atoms with Crippen LogP contribution in [0.25, 0.3) is 22.3 Å². The fourth-order valence-corrected chi connectivity index (χ4v) is 4.83. The molecule has 0 saturated carbocycles. The summed E-state index contributed by atoms with van der Waals surface area (Å²) >= 11 is 0. The molecule has 7 heteroatoms. The number of aliphatic hydroxyl groups excluding tert-OH is 1. The number of phenolic OH excluding ortho intramolecular Hbond substituents is 1. The van der Waals surface area contributed by atoms with Crippen molar-refractivity contribution >= 4 is 22.6 Å². The highest BCUT2D eigenvalue weighted by atomic mass is 16.3. The van der Waals surface area contributed by atoms with Gasteiger partial charge in [-0.3, -0.25) is 4.79 Å². The molecule has 7 nitrogen and oxygen atoms in total. The first kappa shape index (κ1) is 24.9. The van der Waals surface area contributed by atoms with Crippen LogP contribution in [-0.2, 0) is 4.79 Å². The van der Waals surface area contributed by atoms with E-state index in [2.05, 4.69) is 30.9 Å². The summed E-state index contributed by atoms with van der Waals surface area (Å²) in [6.45, 7) is 12.0. The summed E-state index contributed by atoms with van der Waals surface area (Å²) in [6, 6.07) is 13.3. The van der Waals surface area contributed by atoms with Crippen LogP contribution >= 0.6 is 0 Å². The van der Waals surface area contributed by atoms with Gasteiger partial charge in [0.2, 0.25) is 0 Å². The van der Waals surface area contributed by atoms with Gasteiger partial charge in [0, 0.05) is 25.0 Å². The fraction of sp³-hybridized carbons (Fsp3) is 0.464. The SMILES string of the molecule is Cc1ccc2c(N3CCN(C(=O)C(O)CC(C)C)CC3C(C)C)nc(-c3ccccc3O)nc2c1. The number of anilines is 1. The molecule has 2 N–H and O–H groups in total. The zero-order valence-electron chi connectivity index (χ0n) is 21.3. The molecule has 1 aliphatic rings.